The van der Waals surface area contributed by atoms with Crippen LogP contribution in [0.5, 0.6) is 0 Å². The molecule has 0 heterocycles. The standard InChI is InChI=1S/C27H25F/c1-3-5-7-8-21-10-12-22(13-11-21)14-15-23-16-19-26-25(20-23)18-17-24(27(26)28)9-6-4-2/h3-5,10-13,16-20H,2,6-9H2,1H3/b5-3+. The van der Waals surface area contributed by atoms with Gasteiger partial charge in [-0.25, -0.2) is 4.39 Å². The molecule has 0 unspecified atom stereocenters. The summed E-state index contributed by atoms with van der Waals surface area (Å²) < 4.78 is 14.6. The van der Waals surface area contributed by atoms with E-state index >= 15 is 0 Å². The molecule has 0 saturated carbocycles. The van der Waals surface area contributed by atoms with Crippen molar-refractivity contribution in [1.82, 2.24) is 0 Å². The van der Waals surface area contributed by atoms with E-state index in [0.717, 1.165) is 41.3 Å². The molecule has 140 valence electrons. The lowest BCUT2D eigenvalue weighted by Crippen LogP contribution is -1.92. The van der Waals surface area contributed by atoms with Gasteiger partial charge in [0.2, 0.25) is 0 Å². The minimum atomic E-state index is -0.132. The highest BCUT2D eigenvalue weighted by atomic mass is 19.1. The van der Waals surface area contributed by atoms with E-state index in [1.54, 1.807) is 0 Å². The minimum Gasteiger partial charge on any atom is -0.206 e. The lowest BCUT2D eigenvalue weighted by Gasteiger charge is -2.06. The minimum absolute atomic E-state index is 0.132. The Morgan fingerprint density at radius 2 is 1.64 bits per heavy atom. The van der Waals surface area contributed by atoms with E-state index in [1.807, 2.05) is 43.3 Å². The molecule has 0 aliphatic carbocycles. The summed E-state index contributed by atoms with van der Waals surface area (Å²) in [5.74, 6) is 6.27. The average molecular weight is 368 g/mol. The van der Waals surface area contributed by atoms with Crippen molar-refractivity contribution in [3.8, 4) is 11.8 Å². The first kappa shape index (κ1) is 19.6. The van der Waals surface area contributed by atoms with Crippen LogP contribution in [-0.4, -0.2) is 0 Å². The van der Waals surface area contributed by atoms with E-state index in [1.165, 1.54) is 5.56 Å². The fourth-order valence-corrected chi connectivity index (χ4v) is 3.18. The fourth-order valence-electron chi connectivity index (χ4n) is 3.18. The monoisotopic (exact) mass is 368 g/mol. The molecule has 0 N–H and O–H groups in total. The SMILES string of the molecule is C=CCCc1ccc2cc(C#Cc3ccc(CC/C=C/C)cc3)ccc2c1F. The summed E-state index contributed by atoms with van der Waals surface area (Å²) >= 11 is 0. The lowest BCUT2D eigenvalue weighted by molar-refractivity contribution is 0.621. The van der Waals surface area contributed by atoms with Gasteiger partial charge in [0.25, 0.3) is 0 Å². The second-order valence-electron chi connectivity index (χ2n) is 6.86. The third kappa shape index (κ3) is 4.99. The Kier molecular flexibility index (Phi) is 6.82. The Morgan fingerprint density at radius 3 is 2.39 bits per heavy atom. The van der Waals surface area contributed by atoms with Crippen LogP contribution < -0.4 is 0 Å². The van der Waals surface area contributed by atoms with Crippen LogP contribution in [0.2, 0.25) is 0 Å². The number of rotatable bonds is 6. The summed E-state index contributed by atoms with van der Waals surface area (Å²) in [5.41, 5.74) is 3.93. The number of benzene rings is 3. The highest BCUT2D eigenvalue weighted by Crippen LogP contribution is 2.23. The molecule has 3 aromatic carbocycles. The molecular weight excluding hydrogens is 343 g/mol. The summed E-state index contributed by atoms with van der Waals surface area (Å²) in [7, 11) is 0. The van der Waals surface area contributed by atoms with Crippen LogP contribution in [0, 0.1) is 17.7 Å². The molecule has 0 aliphatic heterocycles. The first-order valence-corrected chi connectivity index (χ1v) is 9.75. The predicted molar refractivity (Wildman–Crippen MR) is 118 cm³/mol. The fraction of sp³-hybridized carbons (Fsp3) is 0.185. The van der Waals surface area contributed by atoms with Crippen LogP contribution in [0.3, 0.4) is 0 Å². The van der Waals surface area contributed by atoms with Crippen molar-refractivity contribution in [2.45, 2.75) is 32.6 Å². The van der Waals surface area contributed by atoms with Crippen molar-refractivity contribution in [1.29, 1.82) is 0 Å². The third-order valence-electron chi connectivity index (χ3n) is 4.79. The van der Waals surface area contributed by atoms with Gasteiger partial charge in [-0.1, -0.05) is 60.4 Å². The van der Waals surface area contributed by atoms with E-state index in [4.69, 9.17) is 0 Å². The molecule has 0 nitrogen and oxygen atoms in total. The van der Waals surface area contributed by atoms with Crippen molar-refractivity contribution in [3.63, 3.8) is 0 Å². The molecular formula is C27H25F. The molecule has 0 amide bonds. The summed E-state index contributed by atoms with van der Waals surface area (Å²) in [6.45, 7) is 5.75. The normalized spacial score (nSPS) is 10.8. The zero-order chi connectivity index (χ0) is 19.8. The number of allylic oxidation sites excluding steroid dienone is 3. The maximum Gasteiger partial charge on any atom is 0.134 e. The van der Waals surface area contributed by atoms with Gasteiger partial charge in [0.05, 0.1) is 0 Å². The van der Waals surface area contributed by atoms with E-state index in [0.29, 0.717) is 11.8 Å². The van der Waals surface area contributed by atoms with E-state index in [9.17, 15) is 4.39 Å². The van der Waals surface area contributed by atoms with Crippen LogP contribution >= 0.6 is 0 Å². The summed E-state index contributed by atoms with van der Waals surface area (Å²) in [6, 6.07) is 17.9. The molecule has 28 heavy (non-hydrogen) atoms. The van der Waals surface area contributed by atoms with Crippen molar-refractivity contribution in [3.05, 3.63) is 107 Å². The Bertz CT molecular complexity index is 1040. The van der Waals surface area contributed by atoms with Gasteiger partial charge in [-0.2, -0.15) is 0 Å². The van der Waals surface area contributed by atoms with Gasteiger partial charge >= 0.3 is 0 Å². The molecule has 1 heteroatoms. The topological polar surface area (TPSA) is 0 Å². The highest BCUT2D eigenvalue weighted by Gasteiger charge is 2.07. The van der Waals surface area contributed by atoms with Crippen molar-refractivity contribution >= 4 is 10.8 Å². The van der Waals surface area contributed by atoms with E-state index < -0.39 is 0 Å². The number of hydrogen-bond acceptors (Lipinski definition) is 0. The maximum atomic E-state index is 14.6. The smallest absolute Gasteiger partial charge is 0.134 e. The lowest BCUT2D eigenvalue weighted by atomic mass is 10.0. The van der Waals surface area contributed by atoms with Gasteiger partial charge in [0.15, 0.2) is 0 Å². The Labute approximate surface area is 167 Å². The summed E-state index contributed by atoms with van der Waals surface area (Å²) in [4.78, 5) is 0. The zero-order valence-electron chi connectivity index (χ0n) is 16.3. The molecule has 0 spiro atoms. The molecule has 0 aromatic heterocycles. The molecule has 0 atom stereocenters. The predicted octanol–water partition coefficient (Wildman–Crippen LogP) is 7.01. The molecule has 0 radical (unpaired) electrons. The Morgan fingerprint density at radius 1 is 0.893 bits per heavy atom. The first-order chi connectivity index (χ1) is 13.7. The van der Waals surface area contributed by atoms with Gasteiger partial charge in [-0.3, -0.25) is 0 Å². The van der Waals surface area contributed by atoms with Gasteiger partial charge in [0.1, 0.15) is 5.82 Å². The van der Waals surface area contributed by atoms with Gasteiger partial charge < -0.3 is 0 Å². The first-order valence-electron chi connectivity index (χ1n) is 9.75. The van der Waals surface area contributed by atoms with Crippen molar-refractivity contribution < 1.29 is 4.39 Å². The third-order valence-corrected chi connectivity index (χ3v) is 4.79. The van der Waals surface area contributed by atoms with Gasteiger partial charge in [0, 0.05) is 16.5 Å². The second kappa shape index (κ2) is 9.72. The van der Waals surface area contributed by atoms with Crippen molar-refractivity contribution in [2.75, 3.05) is 0 Å². The number of fused-ring (bicyclic) bond motifs is 1. The van der Waals surface area contributed by atoms with Gasteiger partial charge in [-0.15, -0.1) is 6.58 Å². The van der Waals surface area contributed by atoms with Crippen LogP contribution in [0.15, 0.2) is 79.4 Å². The number of aryl methyl sites for hydroxylation is 2. The number of hydrogen-bond donors (Lipinski definition) is 0. The Hall–Kier alpha value is -3.11. The molecule has 0 bridgehead atoms. The molecule has 3 aromatic rings. The van der Waals surface area contributed by atoms with Crippen LogP contribution in [0.4, 0.5) is 4.39 Å². The highest BCUT2D eigenvalue weighted by molar-refractivity contribution is 5.85. The Balaban J connectivity index is 1.77. The van der Waals surface area contributed by atoms with E-state index in [2.05, 4.69) is 54.8 Å². The number of halogens is 1. The van der Waals surface area contributed by atoms with E-state index in [-0.39, 0.29) is 5.82 Å². The summed E-state index contributed by atoms with van der Waals surface area (Å²) in [6.07, 6.45) is 9.64. The summed E-state index contributed by atoms with van der Waals surface area (Å²) in [5, 5.41) is 1.53. The quantitative estimate of drug-likeness (QED) is 0.324. The molecule has 3 rings (SSSR count). The average Bonchev–Trinajstić information content (AvgIpc) is 2.73. The van der Waals surface area contributed by atoms with Crippen molar-refractivity contribution in [2.24, 2.45) is 0 Å². The zero-order valence-corrected chi connectivity index (χ0v) is 16.3. The van der Waals surface area contributed by atoms with Crippen LogP contribution in [-0.2, 0) is 12.8 Å². The maximum absolute atomic E-state index is 14.6. The molecule has 0 fully saturated rings. The second-order valence-corrected chi connectivity index (χ2v) is 6.86. The largest absolute Gasteiger partial charge is 0.206 e. The molecule has 0 aliphatic rings. The molecule has 0 saturated heterocycles. The van der Waals surface area contributed by atoms with Gasteiger partial charge in [-0.05, 0) is 73.4 Å². The van der Waals surface area contributed by atoms with Crippen LogP contribution in [0.25, 0.3) is 10.8 Å². The van der Waals surface area contributed by atoms with Crippen LogP contribution in [0.1, 0.15) is 42.0 Å².